The Kier molecular flexibility index (Phi) is 7.72. The third-order valence-corrected chi connectivity index (χ3v) is 5.75. The molecule has 0 aliphatic carbocycles. The van der Waals surface area contributed by atoms with Gasteiger partial charge in [0.2, 0.25) is 5.88 Å². The van der Waals surface area contributed by atoms with Crippen LogP contribution in [0.5, 0.6) is 5.88 Å². The number of fused-ring (bicyclic) bond motifs is 1. The maximum Gasteiger partial charge on any atom is 0.274 e. The van der Waals surface area contributed by atoms with Crippen molar-refractivity contribution in [2.75, 3.05) is 19.0 Å². The lowest BCUT2D eigenvalue weighted by Gasteiger charge is -2.17. The summed E-state index contributed by atoms with van der Waals surface area (Å²) in [5, 5.41) is 25.5. The number of benzene rings is 3. The molecule has 178 valence electrons. The predicted molar refractivity (Wildman–Crippen MR) is 136 cm³/mol. The number of hydroxylamine groups is 1. The summed E-state index contributed by atoms with van der Waals surface area (Å²) in [6, 6.07) is 24.5. The SMILES string of the molecule is COc1ccc(NCC(=Cc2ccc(C(=O)NO)cc2)CC(O)c2cccc3ccccc23)cn1. The molecule has 1 heterocycles. The van der Waals surface area contributed by atoms with Gasteiger partial charge in [0.05, 0.1) is 25.1 Å². The second-order valence-electron chi connectivity index (χ2n) is 8.10. The standard InChI is InChI=1S/C28H27N3O4/c1-35-27-14-13-23(18-30-27)29-17-20(15-19-9-11-22(12-10-19)28(33)31-34)16-26(32)25-8-4-6-21-5-2-3-7-24(21)25/h2-15,18,26,29,32,34H,16-17H2,1H3,(H,31,33). The molecule has 0 aliphatic rings. The molecule has 1 unspecified atom stereocenters. The second kappa shape index (κ2) is 11.3. The van der Waals surface area contributed by atoms with E-state index in [1.165, 1.54) is 0 Å². The molecule has 0 saturated carbocycles. The molecule has 4 N–H and O–H groups in total. The van der Waals surface area contributed by atoms with Crippen LogP contribution in [-0.4, -0.2) is 34.9 Å². The van der Waals surface area contributed by atoms with Gasteiger partial charge in [-0.15, -0.1) is 0 Å². The van der Waals surface area contributed by atoms with Crippen molar-refractivity contribution in [3.05, 3.63) is 107 Å². The van der Waals surface area contributed by atoms with Crippen molar-refractivity contribution < 1.29 is 19.8 Å². The first-order chi connectivity index (χ1) is 17.1. The number of anilines is 1. The van der Waals surface area contributed by atoms with Gasteiger partial charge >= 0.3 is 0 Å². The molecular formula is C28H27N3O4. The average Bonchev–Trinajstić information content (AvgIpc) is 2.91. The Morgan fingerprint density at radius 3 is 2.51 bits per heavy atom. The highest BCUT2D eigenvalue weighted by Crippen LogP contribution is 2.29. The average molecular weight is 470 g/mol. The Bertz CT molecular complexity index is 1310. The van der Waals surface area contributed by atoms with Gasteiger partial charge in [-0.25, -0.2) is 10.5 Å². The summed E-state index contributed by atoms with van der Waals surface area (Å²) >= 11 is 0. The van der Waals surface area contributed by atoms with E-state index in [-0.39, 0.29) is 0 Å². The number of ether oxygens (including phenoxy) is 1. The van der Waals surface area contributed by atoms with Gasteiger partial charge in [-0.05, 0) is 45.7 Å². The van der Waals surface area contributed by atoms with Crippen molar-refractivity contribution in [2.24, 2.45) is 0 Å². The summed E-state index contributed by atoms with van der Waals surface area (Å²) in [5.74, 6) is -0.0366. The molecule has 0 spiro atoms. The van der Waals surface area contributed by atoms with Gasteiger partial charge in [-0.3, -0.25) is 10.0 Å². The van der Waals surface area contributed by atoms with Crippen molar-refractivity contribution in [3.63, 3.8) is 0 Å². The molecule has 1 atom stereocenters. The number of aromatic nitrogens is 1. The number of carbonyl (C=O) groups is 1. The minimum absolute atomic E-state index is 0.351. The fourth-order valence-electron chi connectivity index (χ4n) is 3.93. The van der Waals surface area contributed by atoms with Crippen molar-refractivity contribution in [1.29, 1.82) is 0 Å². The second-order valence-corrected chi connectivity index (χ2v) is 8.10. The molecule has 7 heteroatoms. The number of amides is 1. The third-order valence-electron chi connectivity index (χ3n) is 5.75. The van der Waals surface area contributed by atoms with E-state index in [4.69, 9.17) is 9.94 Å². The molecule has 0 aliphatic heterocycles. The molecule has 4 rings (SSSR count). The van der Waals surface area contributed by atoms with Gasteiger partial charge in [-0.1, -0.05) is 60.7 Å². The van der Waals surface area contributed by atoms with Crippen molar-refractivity contribution in [1.82, 2.24) is 10.5 Å². The summed E-state index contributed by atoms with van der Waals surface area (Å²) in [6.07, 6.45) is 3.38. The van der Waals surface area contributed by atoms with Gasteiger partial charge in [0.1, 0.15) is 0 Å². The first kappa shape index (κ1) is 23.9. The predicted octanol–water partition coefficient (Wildman–Crippen LogP) is 4.98. The Morgan fingerprint density at radius 2 is 1.80 bits per heavy atom. The summed E-state index contributed by atoms with van der Waals surface area (Å²) < 4.78 is 5.12. The van der Waals surface area contributed by atoms with E-state index in [2.05, 4.69) is 10.3 Å². The van der Waals surface area contributed by atoms with E-state index in [1.54, 1.807) is 49.1 Å². The number of nitrogens with one attached hydrogen (secondary N) is 2. The van der Waals surface area contributed by atoms with Crippen LogP contribution >= 0.6 is 0 Å². The fourth-order valence-corrected chi connectivity index (χ4v) is 3.93. The molecule has 35 heavy (non-hydrogen) atoms. The normalized spacial score (nSPS) is 12.3. The van der Waals surface area contributed by atoms with Crippen LogP contribution < -0.4 is 15.5 Å². The van der Waals surface area contributed by atoms with Crippen LogP contribution in [0.25, 0.3) is 16.8 Å². The monoisotopic (exact) mass is 469 g/mol. The zero-order valence-corrected chi connectivity index (χ0v) is 19.3. The number of aliphatic hydroxyl groups excluding tert-OH is 1. The summed E-state index contributed by atoms with van der Waals surface area (Å²) in [4.78, 5) is 15.9. The first-order valence-electron chi connectivity index (χ1n) is 11.2. The number of hydrogen-bond acceptors (Lipinski definition) is 6. The van der Waals surface area contributed by atoms with Crippen LogP contribution in [0.15, 0.2) is 90.6 Å². The topological polar surface area (TPSA) is 104 Å². The Hall–Kier alpha value is -4.20. The van der Waals surface area contributed by atoms with Crippen LogP contribution in [0, 0.1) is 0 Å². The van der Waals surface area contributed by atoms with Gasteiger partial charge in [0.15, 0.2) is 0 Å². The summed E-state index contributed by atoms with van der Waals surface area (Å²) in [5.41, 5.74) is 5.51. The maximum absolute atomic E-state index is 11.6. The van der Waals surface area contributed by atoms with E-state index < -0.39 is 12.0 Å². The summed E-state index contributed by atoms with van der Waals surface area (Å²) in [6.45, 7) is 0.481. The zero-order chi connectivity index (χ0) is 24.6. The molecule has 1 aromatic heterocycles. The lowest BCUT2D eigenvalue weighted by Crippen LogP contribution is -2.18. The smallest absolute Gasteiger partial charge is 0.274 e. The molecule has 0 saturated heterocycles. The molecule has 0 fully saturated rings. The van der Waals surface area contributed by atoms with E-state index in [9.17, 15) is 9.90 Å². The summed E-state index contributed by atoms with van der Waals surface area (Å²) in [7, 11) is 1.57. The maximum atomic E-state index is 11.6. The van der Waals surface area contributed by atoms with E-state index in [0.717, 1.165) is 33.2 Å². The van der Waals surface area contributed by atoms with E-state index >= 15 is 0 Å². The van der Waals surface area contributed by atoms with Gasteiger partial charge in [0, 0.05) is 24.6 Å². The quantitative estimate of drug-likeness (QED) is 0.204. The van der Waals surface area contributed by atoms with Gasteiger partial charge < -0.3 is 15.2 Å². The minimum Gasteiger partial charge on any atom is -0.481 e. The largest absolute Gasteiger partial charge is 0.481 e. The lowest BCUT2D eigenvalue weighted by atomic mass is 9.95. The highest BCUT2D eigenvalue weighted by Gasteiger charge is 2.14. The Labute approximate surface area is 203 Å². The number of methoxy groups -OCH3 is 1. The van der Waals surface area contributed by atoms with Crippen molar-refractivity contribution in [2.45, 2.75) is 12.5 Å². The van der Waals surface area contributed by atoms with Gasteiger partial charge in [-0.2, -0.15) is 0 Å². The minimum atomic E-state index is -0.706. The van der Waals surface area contributed by atoms with Crippen LogP contribution in [-0.2, 0) is 0 Å². The van der Waals surface area contributed by atoms with E-state index in [0.29, 0.717) is 24.4 Å². The molecule has 3 aromatic carbocycles. The van der Waals surface area contributed by atoms with Crippen LogP contribution in [0.1, 0.15) is 34.0 Å². The molecule has 0 radical (unpaired) electrons. The molecular weight excluding hydrogens is 442 g/mol. The highest BCUT2D eigenvalue weighted by atomic mass is 16.5. The number of pyridine rings is 1. The van der Waals surface area contributed by atoms with E-state index in [1.807, 2.05) is 54.6 Å². The highest BCUT2D eigenvalue weighted by molar-refractivity contribution is 5.93. The van der Waals surface area contributed by atoms with Crippen LogP contribution in [0.2, 0.25) is 0 Å². The first-order valence-corrected chi connectivity index (χ1v) is 11.2. The molecule has 4 aromatic rings. The number of nitrogens with zero attached hydrogens (tertiary/aromatic N) is 1. The lowest BCUT2D eigenvalue weighted by molar-refractivity contribution is 0.0706. The third kappa shape index (κ3) is 6.03. The zero-order valence-electron chi connectivity index (χ0n) is 19.3. The van der Waals surface area contributed by atoms with Crippen LogP contribution in [0.4, 0.5) is 5.69 Å². The number of aliphatic hydroxyl groups is 1. The molecule has 1 amide bonds. The number of rotatable bonds is 9. The molecule has 7 nitrogen and oxygen atoms in total. The van der Waals surface area contributed by atoms with Crippen LogP contribution in [0.3, 0.4) is 0 Å². The number of carbonyl (C=O) groups excluding carboxylic acids is 1. The molecule has 0 bridgehead atoms. The van der Waals surface area contributed by atoms with Crippen molar-refractivity contribution >= 4 is 28.4 Å². The van der Waals surface area contributed by atoms with Crippen molar-refractivity contribution in [3.8, 4) is 5.88 Å². The Balaban J connectivity index is 1.59. The number of hydrogen-bond donors (Lipinski definition) is 4. The fraction of sp³-hybridized carbons (Fsp3) is 0.143. The Morgan fingerprint density at radius 1 is 1.03 bits per heavy atom. The van der Waals surface area contributed by atoms with Gasteiger partial charge in [0.25, 0.3) is 5.91 Å².